The number of benzene rings is 1. The predicted octanol–water partition coefficient (Wildman–Crippen LogP) is 2.78. The lowest BCUT2D eigenvalue weighted by atomic mass is 9.98. The number of carbonyl (C=O) groups is 1. The Kier molecular flexibility index (Phi) is 6.14. The molecule has 0 radical (unpaired) electrons. The predicted molar refractivity (Wildman–Crippen MR) is 115 cm³/mol. The molecule has 3 aliphatic heterocycles. The van der Waals surface area contributed by atoms with Crippen molar-refractivity contribution < 1.29 is 23.4 Å². The summed E-state index contributed by atoms with van der Waals surface area (Å²) >= 11 is 0. The van der Waals surface area contributed by atoms with Crippen molar-refractivity contribution in [2.24, 2.45) is 5.92 Å². The van der Waals surface area contributed by atoms with E-state index >= 15 is 0 Å². The number of rotatable bonds is 6. The lowest BCUT2D eigenvalue weighted by Crippen LogP contribution is -2.45. The van der Waals surface area contributed by atoms with E-state index in [0.717, 1.165) is 25.9 Å². The van der Waals surface area contributed by atoms with E-state index in [9.17, 15) is 9.59 Å². The van der Waals surface area contributed by atoms with Crippen LogP contribution in [0.4, 0.5) is 4.79 Å². The normalized spacial score (nSPS) is 19.4. The number of likely N-dealkylation sites (tertiary alicyclic amines) is 1. The summed E-state index contributed by atoms with van der Waals surface area (Å²) in [6.45, 7) is 4.98. The zero-order valence-corrected chi connectivity index (χ0v) is 18.0. The van der Waals surface area contributed by atoms with E-state index in [1.54, 1.807) is 4.90 Å². The Morgan fingerprint density at radius 3 is 2.44 bits per heavy atom. The molecule has 32 heavy (non-hydrogen) atoms. The Morgan fingerprint density at radius 1 is 1.09 bits per heavy atom. The van der Waals surface area contributed by atoms with Crippen molar-refractivity contribution in [2.45, 2.75) is 38.6 Å². The minimum Gasteiger partial charge on any atom is -0.486 e. The van der Waals surface area contributed by atoms with E-state index in [1.165, 1.54) is 23.5 Å². The molecule has 8 nitrogen and oxygen atoms in total. The maximum absolute atomic E-state index is 12.5. The van der Waals surface area contributed by atoms with E-state index in [4.69, 9.17) is 18.6 Å². The molecule has 2 saturated heterocycles. The fraction of sp³-hybridized carbons (Fsp3) is 0.500. The maximum atomic E-state index is 12.5. The van der Waals surface area contributed by atoms with Crippen LogP contribution in [-0.2, 0) is 29.1 Å². The first kappa shape index (κ1) is 21.0. The molecule has 170 valence electrons. The van der Waals surface area contributed by atoms with Crippen LogP contribution in [0.2, 0.25) is 0 Å². The zero-order valence-electron chi connectivity index (χ0n) is 18.0. The number of amides is 1. The van der Waals surface area contributed by atoms with Gasteiger partial charge in [0.2, 0.25) is 11.2 Å². The monoisotopic (exact) mass is 440 g/mol. The average Bonchev–Trinajstić information content (AvgIpc) is 3.18. The van der Waals surface area contributed by atoms with Gasteiger partial charge in [-0.3, -0.25) is 9.69 Å². The van der Waals surface area contributed by atoms with E-state index in [-0.39, 0.29) is 29.3 Å². The minimum absolute atomic E-state index is 0.105. The second kappa shape index (κ2) is 9.34. The maximum Gasteiger partial charge on any atom is 0.410 e. The molecule has 2 fully saturated rings. The Bertz CT molecular complexity index is 985. The van der Waals surface area contributed by atoms with Crippen LogP contribution in [0.25, 0.3) is 0 Å². The molecule has 2 aromatic rings. The molecule has 0 aliphatic carbocycles. The quantitative estimate of drug-likeness (QED) is 0.683. The summed E-state index contributed by atoms with van der Waals surface area (Å²) in [5.41, 5.74) is 2.49. The lowest BCUT2D eigenvalue weighted by Gasteiger charge is -2.33. The highest BCUT2D eigenvalue weighted by molar-refractivity contribution is 5.68. The third kappa shape index (κ3) is 4.81. The Labute approximate surface area is 186 Å². The van der Waals surface area contributed by atoms with Crippen molar-refractivity contribution in [3.05, 3.63) is 63.7 Å². The summed E-state index contributed by atoms with van der Waals surface area (Å²) in [4.78, 5) is 28.6. The summed E-state index contributed by atoms with van der Waals surface area (Å²) in [6.07, 6.45) is 2.68. The molecule has 0 unspecified atom stereocenters. The molecule has 0 atom stereocenters. The first-order chi connectivity index (χ1) is 15.6. The van der Waals surface area contributed by atoms with Crippen LogP contribution in [-0.4, -0.2) is 54.9 Å². The standard InChI is InChI=1S/C24H28N2O6/c27-22-9-20(12-25-10-18-3-1-2-4-19(18)11-25)30-16-23(22)31-13-17-5-7-26(8-6-17)24(28)32-21-14-29-15-21/h1-4,9,16-17,21H,5-8,10-15H2. The molecule has 0 bridgehead atoms. The highest BCUT2D eigenvalue weighted by Gasteiger charge is 2.29. The molecule has 0 spiro atoms. The SMILES string of the molecule is O=C(OC1COC1)N1CCC(COc2coc(CN3Cc4ccccc4C3)cc2=O)CC1. The smallest absolute Gasteiger partial charge is 0.410 e. The first-order valence-corrected chi connectivity index (χ1v) is 11.2. The van der Waals surface area contributed by atoms with Gasteiger partial charge in [-0.2, -0.15) is 0 Å². The van der Waals surface area contributed by atoms with Gasteiger partial charge >= 0.3 is 6.09 Å². The van der Waals surface area contributed by atoms with Crippen LogP contribution in [0.5, 0.6) is 5.75 Å². The summed E-state index contributed by atoms with van der Waals surface area (Å²) in [5.74, 6) is 1.16. The van der Waals surface area contributed by atoms with Crippen LogP contribution < -0.4 is 10.2 Å². The molecule has 4 heterocycles. The summed E-state index contributed by atoms with van der Waals surface area (Å²) < 4.78 is 21.8. The van der Waals surface area contributed by atoms with Gasteiger partial charge in [-0.15, -0.1) is 0 Å². The second-order valence-corrected chi connectivity index (χ2v) is 8.77. The number of hydrogen-bond acceptors (Lipinski definition) is 7. The zero-order chi connectivity index (χ0) is 21.9. The van der Waals surface area contributed by atoms with Crippen LogP contribution in [0, 0.1) is 5.92 Å². The Hall–Kier alpha value is -2.84. The van der Waals surface area contributed by atoms with Gasteiger partial charge < -0.3 is 23.5 Å². The number of hydrogen-bond donors (Lipinski definition) is 0. The topological polar surface area (TPSA) is 81.4 Å². The van der Waals surface area contributed by atoms with Crippen LogP contribution >= 0.6 is 0 Å². The molecule has 0 N–H and O–H groups in total. The fourth-order valence-corrected chi connectivity index (χ4v) is 4.35. The molecule has 5 rings (SSSR count). The summed E-state index contributed by atoms with van der Waals surface area (Å²) in [7, 11) is 0. The molecule has 1 aromatic heterocycles. The third-order valence-corrected chi connectivity index (χ3v) is 6.36. The molecule has 8 heteroatoms. The largest absolute Gasteiger partial charge is 0.486 e. The number of nitrogens with zero attached hydrogens (tertiary/aromatic N) is 2. The number of fused-ring (bicyclic) bond motifs is 1. The third-order valence-electron chi connectivity index (χ3n) is 6.36. The Morgan fingerprint density at radius 2 is 1.81 bits per heavy atom. The van der Waals surface area contributed by atoms with Crippen molar-refractivity contribution in [2.75, 3.05) is 32.9 Å². The van der Waals surface area contributed by atoms with E-state index in [2.05, 4.69) is 29.2 Å². The Balaban J connectivity index is 1.07. The van der Waals surface area contributed by atoms with Crippen molar-refractivity contribution >= 4 is 6.09 Å². The van der Waals surface area contributed by atoms with E-state index in [0.29, 0.717) is 45.2 Å². The fourth-order valence-electron chi connectivity index (χ4n) is 4.35. The van der Waals surface area contributed by atoms with Gasteiger partial charge in [-0.25, -0.2) is 4.79 Å². The van der Waals surface area contributed by atoms with Gasteiger partial charge in [0.05, 0.1) is 26.4 Å². The van der Waals surface area contributed by atoms with Gasteiger partial charge in [0.25, 0.3) is 0 Å². The molecule has 0 saturated carbocycles. The molecular formula is C24H28N2O6. The van der Waals surface area contributed by atoms with Gasteiger partial charge in [-0.05, 0) is 29.9 Å². The highest BCUT2D eigenvalue weighted by Crippen LogP contribution is 2.24. The highest BCUT2D eigenvalue weighted by atomic mass is 16.6. The van der Waals surface area contributed by atoms with Crippen LogP contribution in [0.3, 0.4) is 0 Å². The number of piperidine rings is 1. The van der Waals surface area contributed by atoms with Crippen LogP contribution in [0.1, 0.15) is 29.7 Å². The second-order valence-electron chi connectivity index (χ2n) is 8.77. The summed E-state index contributed by atoms with van der Waals surface area (Å²) in [6, 6.07) is 9.91. The molecular weight excluding hydrogens is 412 g/mol. The number of ether oxygens (including phenoxy) is 3. The first-order valence-electron chi connectivity index (χ1n) is 11.2. The summed E-state index contributed by atoms with van der Waals surface area (Å²) in [5, 5.41) is 0. The van der Waals surface area contributed by atoms with Crippen molar-refractivity contribution in [3.63, 3.8) is 0 Å². The van der Waals surface area contributed by atoms with Gasteiger partial charge in [0, 0.05) is 32.2 Å². The minimum atomic E-state index is -0.269. The van der Waals surface area contributed by atoms with Gasteiger partial charge in [0.1, 0.15) is 12.0 Å². The van der Waals surface area contributed by atoms with Crippen molar-refractivity contribution in [1.82, 2.24) is 9.80 Å². The van der Waals surface area contributed by atoms with Gasteiger partial charge in [0.15, 0.2) is 6.10 Å². The van der Waals surface area contributed by atoms with E-state index in [1.807, 2.05) is 0 Å². The van der Waals surface area contributed by atoms with Crippen molar-refractivity contribution in [1.29, 1.82) is 0 Å². The number of carbonyl (C=O) groups excluding carboxylic acids is 1. The molecule has 1 aromatic carbocycles. The average molecular weight is 440 g/mol. The van der Waals surface area contributed by atoms with Gasteiger partial charge in [-0.1, -0.05) is 24.3 Å². The van der Waals surface area contributed by atoms with E-state index < -0.39 is 0 Å². The van der Waals surface area contributed by atoms with Crippen molar-refractivity contribution in [3.8, 4) is 5.75 Å². The van der Waals surface area contributed by atoms with Crippen LogP contribution in [0.15, 0.2) is 45.8 Å². The molecule has 3 aliphatic rings. The lowest BCUT2D eigenvalue weighted by molar-refractivity contribution is -0.105. The molecule has 1 amide bonds.